The van der Waals surface area contributed by atoms with Crippen molar-refractivity contribution in [3.8, 4) is 0 Å². The van der Waals surface area contributed by atoms with Crippen LogP contribution in [0.4, 0.5) is 4.79 Å². The van der Waals surface area contributed by atoms with Crippen LogP contribution in [0, 0.1) is 11.8 Å². The SMILES string of the molecule is COC1C(OC(N)=O)CCC2(CO2)C1C1(C)OC1CCC(C)C. The van der Waals surface area contributed by atoms with Gasteiger partial charge in [0.05, 0.1) is 18.6 Å². The lowest BCUT2D eigenvalue weighted by atomic mass is 9.68. The summed E-state index contributed by atoms with van der Waals surface area (Å²) in [6.45, 7) is 7.32. The molecule has 132 valence electrons. The molecule has 1 spiro atoms. The first-order chi connectivity index (χ1) is 10.8. The van der Waals surface area contributed by atoms with Crippen LogP contribution in [0.1, 0.15) is 46.5 Å². The molecule has 0 aromatic carbocycles. The number of methoxy groups -OCH3 is 1. The number of hydrogen-bond donors (Lipinski definition) is 1. The minimum Gasteiger partial charge on any atom is -0.444 e. The molecule has 2 aliphatic heterocycles. The Morgan fingerprint density at radius 3 is 2.65 bits per heavy atom. The van der Waals surface area contributed by atoms with Crippen molar-refractivity contribution in [2.75, 3.05) is 13.7 Å². The fourth-order valence-corrected chi connectivity index (χ4v) is 4.42. The van der Waals surface area contributed by atoms with Crippen LogP contribution in [0.2, 0.25) is 0 Å². The van der Waals surface area contributed by atoms with Gasteiger partial charge in [-0.1, -0.05) is 13.8 Å². The topological polar surface area (TPSA) is 86.6 Å². The Bertz CT molecular complexity index is 464. The molecule has 6 nitrogen and oxygen atoms in total. The van der Waals surface area contributed by atoms with Gasteiger partial charge in [-0.05, 0) is 38.5 Å². The maximum absolute atomic E-state index is 11.2. The van der Waals surface area contributed by atoms with Crippen molar-refractivity contribution in [1.29, 1.82) is 0 Å². The fraction of sp³-hybridized carbons (Fsp3) is 0.941. The van der Waals surface area contributed by atoms with E-state index in [-0.39, 0.29) is 35.4 Å². The van der Waals surface area contributed by atoms with E-state index in [9.17, 15) is 4.79 Å². The van der Waals surface area contributed by atoms with E-state index in [1.54, 1.807) is 7.11 Å². The van der Waals surface area contributed by atoms with Gasteiger partial charge in [0.2, 0.25) is 0 Å². The van der Waals surface area contributed by atoms with E-state index in [1.165, 1.54) is 0 Å². The van der Waals surface area contributed by atoms with Crippen LogP contribution >= 0.6 is 0 Å². The highest BCUT2D eigenvalue weighted by molar-refractivity contribution is 5.64. The predicted molar refractivity (Wildman–Crippen MR) is 84.0 cm³/mol. The lowest BCUT2D eigenvalue weighted by Gasteiger charge is -2.42. The number of amides is 1. The first-order valence-corrected chi connectivity index (χ1v) is 8.63. The minimum absolute atomic E-state index is 0.0651. The van der Waals surface area contributed by atoms with Crippen LogP contribution in [0.5, 0.6) is 0 Å². The molecule has 3 rings (SSSR count). The Labute approximate surface area is 138 Å². The summed E-state index contributed by atoms with van der Waals surface area (Å²) >= 11 is 0. The van der Waals surface area contributed by atoms with Gasteiger partial charge in [0.15, 0.2) is 0 Å². The second-order valence-corrected chi connectivity index (χ2v) is 7.81. The molecule has 1 amide bonds. The van der Waals surface area contributed by atoms with Gasteiger partial charge in [-0.15, -0.1) is 0 Å². The van der Waals surface area contributed by atoms with E-state index in [1.807, 2.05) is 0 Å². The lowest BCUT2D eigenvalue weighted by Crippen LogP contribution is -2.55. The molecule has 0 radical (unpaired) electrons. The number of nitrogens with two attached hydrogens (primary N) is 1. The van der Waals surface area contributed by atoms with Crippen LogP contribution in [-0.4, -0.2) is 49.3 Å². The molecule has 0 aromatic heterocycles. The van der Waals surface area contributed by atoms with Crippen molar-refractivity contribution in [2.24, 2.45) is 17.6 Å². The minimum atomic E-state index is -0.748. The Morgan fingerprint density at radius 2 is 2.13 bits per heavy atom. The number of carbonyl (C=O) groups is 1. The average Bonchev–Trinajstić information content (AvgIpc) is 3.37. The zero-order chi connectivity index (χ0) is 16.8. The summed E-state index contributed by atoms with van der Waals surface area (Å²) < 4.78 is 23.0. The normalized spacial score (nSPS) is 45.3. The lowest BCUT2D eigenvalue weighted by molar-refractivity contribution is -0.117. The zero-order valence-electron chi connectivity index (χ0n) is 14.5. The van der Waals surface area contributed by atoms with Crippen molar-refractivity contribution in [3.63, 3.8) is 0 Å². The summed E-state index contributed by atoms with van der Waals surface area (Å²) in [5.74, 6) is 0.723. The number of primary amides is 1. The van der Waals surface area contributed by atoms with Gasteiger partial charge in [0.1, 0.15) is 23.4 Å². The quantitative estimate of drug-likeness (QED) is 0.756. The molecule has 3 aliphatic rings. The molecule has 6 unspecified atom stereocenters. The average molecular weight is 327 g/mol. The van der Waals surface area contributed by atoms with E-state index < -0.39 is 6.09 Å². The van der Waals surface area contributed by atoms with E-state index in [2.05, 4.69) is 20.8 Å². The fourth-order valence-electron chi connectivity index (χ4n) is 4.42. The van der Waals surface area contributed by atoms with Crippen LogP contribution in [0.15, 0.2) is 0 Å². The Morgan fingerprint density at radius 1 is 1.43 bits per heavy atom. The van der Waals surface area contributed by atoms with Gasteiger partial charge in [0.25, 0.3) is 0 Å². The summed E-state index contributed by atoms with van der Waals surface area (Å²) in [5.41, 5.74) is 4.77. The number of ether oxygens (including phenoxy) is 4. The number of rotatable bonds is 6. The summed E-state index contributed by atoms with van der Waals surface area (Å²) in [7, 11) is 1.66. The first-order valence-electron chi connectivity index (χ1n) is 8.63. The van der Waals surface area contributed by atoms with Gasteiger partial charge in [0, 0.05) is 7.11 Å². The summed E-state index contributed by atoms with van der Waals surface area (Å²) in [5, 5.41) is 0. The largest absolute Gasteiger partial charge is 0.444 e. The van der Waals surface area contributed by atoms with Crippen molar-refractivity contribution in [3.05, 3.63) is 0 Å². The molecule has 3 fully saturated rings. The highest BCUT2D eigenvalue weighted by atomic mass is 16.6. The van der Waals surface area contributed by atoms with Crippen LogP contribution in [0.3, 0.4) is 0 Å². The maximum Gasteiger partial charge on any atom is 0.404 e. The second kappa shape index (κ2) is 5.90. The summed E-state index contributed by atoms with van der Waals surface area (Å²) in [6.07, 6.45) is 2.65. The van der Waals surface area contributed by atoms with Crippen molar-refractivity contribution in [2.45, 2.75) is 76.0 Å². The molecule has 6 atom stereocenters. The highest BCUT2D eigenvalue weighted by Crippen LogP contribution is 2.59. The number of epoxide rings is 2. The molecule has 1 saturated carbocycles. The third kappa shape index (κ3) is 3.08. The molecular weight excluding hydrogens is 298 g/mol. The van der Waals surface area contributed by atoms with E-state index in [0.29, 0.717) is 12.3 Å². The molecule has 6 heteroatoms. The highest BCUT2D eigenvalue weighted by Gasteiger charge is 2.72. The Kier molecular flexibility index (Phi) is 4.36. The molecule has 2 heterocycles. The van der Waals surface area contributed by atoms with Crippen LogP contribution in [0.25, 0.3) is 0 Å². The molecule has 0 bridgehead atoms. The molecule has 2 saturated heterocycles. The van der Waals surface area contributed by atoms with E-state index in [0.717, 1.165) is 25.9 Å². The van der Waals surface area contributed by atoms with Gasteiger partial charge < -0.3 is 24.7 Å². The van der Waals surface area contributed by atoms with E-state index >= 15 is 0 Å². The van der Waals surface area contributed by atoms with Crippen molar-refractivity contribution >= 4 is 6.09 Å². The molecule has 0 aromatic rings. The van der Waals surface area contributed by atoms with Gasteiger partial charge in [-0.25, -0.2) is 4.79 Å². The smallest absolute Gasteiger partial charge is 0.404 e. The zero-order valence-corrected chi connectivity index (χ0v) is 14.5. The monoisotopic (exact) mass is 327 g/mol. The first kappa shape index (κ1) is 17.0. The second-order valence-electron chi connectivity index (χ2n) is 7.81. The van der Waals surface area contributed by atoms with Crippen molar-refractivity contribution in [1.82, 2.24) is 0 Å². The molecule has 2 N–H and O–H groups in total. The third-order valence-corrected chi connectivity index (χ3v) is 5.77. The van der Waals surface area contributed by atoms with Gasteiger partial charge in [-0.2, -0.15) is 0 Å². The molecule has 1 aliphatic carbocycles. The number of hydrogen-bond acceptors (Lipinski definition) is 5. The Balaban J connectivity index is 1.75. The summed E-state index contributed by atoms with van der Waals surface area (Å²) in [6, 6.07) is 0. The standard InChI is InChI=1S/C17H29NO5/c1-10(2)5-6-12-16(3,23-12)14-13(20-4)11(22-15(18)19)7-8-17(14)9-21-17/h10-14H,5-9H2,1-4H3,(H2,18,19). The van der Waals surface area contributed by atoms with E-state index in [4.69, 9.17) is 24.7 Å². The van der Waals surface area contributed by atoms with Crippen LogP contribution in [-0.2, 0) is 18.9 Å². The molecule has 23 heavy (non-hydrogen) atoms. The number of carbonyl (C=O) groups excluding carboxylic acids is 1. The third-order valence-electron chi connectivity index (χ3n) is 5.77. The predicted octanol–water partition coefficient (Wildman–Crippen LogP) is 2.24. The van der Waals surface area contributed by atoms with Crippen molar-refractivity contribution < 1.29 is 23.7 Å². The van der Waals surface area contributed by atoms with Crippen LogP contribution < -0.4 is 5.73 Å². The molecular formula is C17H29NO5. The summed E-state index contributed by atoms with van der Waals surface area (Å²) in [4.78, 5) is 11.2. The van der Waals surface area contributed by atoms with Gasteiger partial charge >= 0.3 is 6.09 Å². The van der Waals surface area contributed by atoms with Gasteiger partial charge in [-0.3, -0.25) is 0 Å². The Hall–Kier alpha value is -0.850. The maximum atomic E-state index is 11.2.